The Morgan fingerprint density at radius 1 is 1.00 bits per heavy atom. The van der Waals surface area contributed by atoms with Crippen LogP contribution in [-0.2, 0) is 14.8 Å². The summed E-state index contributed by atoms with van der Waals surface area (Å²) in [6.45, 7) is 5.26. The van der Waals surface area contributed by atoms with Gasteiger partial charge in [0.2, 0.25) is 10.0 Å². The van der Waals surface area contributed by atoms with Crippen LogP contribution in [0.15, 0.2) is 59.5 Å². The number of hydrogen-bond acceptors (Lipinski definition) is 4. The highest BCUT2D eigenvalue weighted by Crippen LogP contribution is 2.19. The summed E-state index contributed by atoms with van der Waals surface area (Å²) in [7, 11) is -2.00. The van der Waals surface area contributed by atoms with Crippen molar-refractivity contribution in [1.29, 1.82) is 0 Å². The van der Waals surface area contributed by atoms with Crippen molar-refractivity contribution < 1.29 is 17.9 Å². The second-order valence-corrected chi connectivity index (χ2v) is 8.20. The van der Waals surface area contributed by atoms with Crippen molar-refractivity contribution in [3.05, 3.63) is 54.6 Å². The van der Waals surface area contributed by atoms with Crippen molar-refractivity contribution in [2.75, 3.05) is 12.4 Å². The first-order valence-corrected chi connectivity index (χ1v) is 9.76. The van der Waals surface area contributed by atoms with Gasteiger partial charge in [-0.3, -0.25) is 4.79 Å². The van der Waals surface area contributed by atoms with Gasteiger partial charge in [0, 0.05) is 18.8 Å². The fraction of sp³-hybridized carbons (Fsp3) is 0.316. The van der Waals surface area contributed by atoms with Crippen molar-refractivity contribution in [3.8, 4) is 5.75 Å². The van der Waals surface area contributed by atoms with Crippen molar-refractivity contribution in [2.24, 2.45) is 0 Å². The third kappa shape index (κ3) is 4.83. The Labute approximate surface area is 154 Å². The predicted molar refractivity (Wildman–Crippen MR) is 102 cm³/mol. The third-order valence-corrected chi connectivity index (χ3v) is 6.00. The van der Waals surface area contributed by atoms with Crippen LogP contribution in [0.25, 0.3) is 0 Å². The van der Waals surface area contributed by atoms with Crippen LogP contribution in [0.5, 0.6) is 5.75 Å². The fourth-order valence-electron chi connectivity index (χ4n) is 2.15. The Hall–Kier alpha value is -2.38. The van der Waals surface area contributed by atoms with Crippen LogP contribution in [0.2, 0.25) is 0 Å². The van der Waals surface area contributed by atoms with Gasteiger partial charge in [-0.1, -0.05) is 18.2 Å². The van der Waals surface area contributed by atoms with Crippen LogP contribution in [0.3, 0.4) is 0 Å². The number of hydrogen-bond donors (Lipinski definition) is 1. The first-order valence-electron chi connectivity index (χ1n) is 8.32. The quantitative estimate of drug-likeness (QED) is 0.806. The molecular weight excluding hydrogens is 352 g/mol. The maximum absolute atomic E-state index is 12.4. The molecule has 0 aliphatic rings. The zero-order valence-electron chi connectivity index (χ0n) is 15.3. The molecule has 0 radical (unpaired) electrons. The summed E-state index contributed by atoms with van der Waals surface area (Å²) >= 11 is 0. The van der Waals surface area contributed by atoms with E-state index in [0.29, 0.717) is 11.4 Å². The van der Waals surface area contributed by atoms with Crippen molar-refractivity contribution in [2.45, 2.75) is 37.8 Å². The average molecular weight is 376 g/mol. The van der Waals surface area contributed by atoms with Crippen molar-refractivity contribution in [1.82, 2.24) is 4.31 Å². The number of para-hydroxylation sites is 1. The topological polar surface area (TPSA) is 75.7 Å². The highest BCUT2D eigenvalue weighted by atomic mass is 32.2. The SMILES string of the molecule is CC(Oc1ccccc1)C(=O)Nc1ccc(S(=O)(=O)N(C)C(C)C)cc1. The maximum atomic E-state index is 12.4. The normalized spacial score (nSPS) is 12.8. The summed E-state index contributed by atoms with van der Waals surface area (Å²) in [5.41, 5.74) is 0.504. The molecule has 140 valence electrons. The second kappa shape index (κ2) is 8.33. The number of sulfonamides is 1. The molecule has 0 saturated heterocycles. The van der Waals surface area contributed by atoms with Gasteiger partial charge in [-0.05, 0) is 57.2 Å². The minimum Gasteiger partial charge on any atom is -0.481 e. The molecule has 1 unspecified atom stereocenters. The first kappa shape index (κ1) is 19.9. The van der Waals surface area contributed by atoms with E-state index in [4.69, 9.17) is 4.74 Å². The zero-order chi connectivity index (χ0) is 19.3. The van der Waals surface area contributed by atoms with Gasteiger partial charge in [0.1, 0.15) is 5.75 Å². The molecule has 0 heterocycles. The van der Waals surface area contributed by atoms with Crippen molar-refractivity contribution >= 4 is 21.6 Å². The van der Waals surface area contributed by atoms with Crippen LogP contribution >= 0.6 is 0 Å². The van der Waals surface area contributed by atoms with E-state index < -0.39 is 16.1 Å². The molecule has 26 heavy (non-hydrogen) atoms. The lowest BCUT2D eigenvalue weighted by molar-refractivity contribution is -0.122. The minimum absolute atomic E-state index is 0.143. The summed E-state index contributed by atoms with van der Waals surface area (Å²) in [6.07, 6.45) is -0.687. The zero-order valence-corrected chi connectivity index (χ0v) is 16.2. The van der Waals surface area contributed by atoms with E-state index in [9.17, 15) is 13.2 Å². The van der Waals surface area contributed by atoms with Crippen molar-refractivity contribution in [3.63, 3.8) is 0 Å². The Kier molecular flexibility index (Phi) is 6.39. The molecular formula is C19H24N2O4S. The molecule has 0 saturated carbocycles. The largest absolute Gasteiger partial charge is 0.481 e. The molecule has 1 N–H and O–H groups in total. The Balaban J connectivity index is 2.03. The molecule has 0 fully saturated rings. The monoisotopic (exact) mass is 376 g/mol. The summed E-state index contributed by atoms with van der Waals surface area (Å²) in [6, 6.07) is 15.0. The van der Waals surface area contributed by atoms with Crippen LogP contribution in [-0.4, -0.2) is 37.8 Å². The van der Waals surface area contributed by atoms with Crippen LogP contribution in [0.1, 0.15) is 20.8 Å². The number of carbonyl (C=O) groups excluding carboxylic acids is 1. The number of nitrogens with zero attached hydrogens (tertiary/aromatic N) is 1. The summed E-state index contributed by atoms with van der Waals surface area (Å²) in [5, 5.41) is 2.72. The highest BCUT2D eigenvalue weighted by Gasteiger charge is 2.23. The van der Waals surface area contributed by atoms with E-state index in [0.717, 1.165) is 0 Å². The highest BCUT2D eigenvalue weighted by molar-refractivity contribution is 7.89. The van der Waals surface area contributed by atoms with Gasteiger partial charge < -0.3 is 10.1 Å². The van der Waals surface area contributed by atoms with Gasteiger partial charge in [-0.2, -0.15) is 4.31 Å². The molecule has 0 spiro atoms. The Morgan fingerprint density at radius 3 is 2.12 bits per heavy atom. The second-order valence-electron chi connectivity index (χ2n) is 6.20. The Morgan fingerprint density at radius 2 is 1.58 bits per heavy atom. The number of ether oxygens (including phenoxy) is 1. The number of nitrogens with one attached hydrogen (secondary N) is 1. The molecule has 0 bridgehead atoms. The molecule has 2 rings (SSSR count). The lowest BCUT2D eigenvalue weighted by Crippen LogP contribution is -2.33. The molecule has 2 aromatic carbocycles. The molecule has 6 nitrogen and oxygen atoms in total. The van der Waals surface area contributed by atoms with E-state index in [1.54, 1.807) is 45.0 Å². The first-order chi connectivity index (χ1) is 12.2. The minimum atomic E-state index is -3.54. The van der Waals surface area contributed by atoms with E-state index in [-0.39, 0.29) is 16.8 Å². The lowest BCUT2D eigenvalue weighted by Gasteiger charge is -2.21. The summed E-state index contributed by atoms with van der Waals surface area (Å²) in [4.78, 5) is 12.4. The fourth-order valence-corrected chi connectivity index (χ4v) is 3.52. The smallest absolute Gasteiger partial charge is 0.265 e. The van der Waals surface area contributed by atoms with Gasteiger partial charge in [-0.15, -0.1) is 0 Å². The standard InChI is InChI=1S/C19H24N2O4S/c1-14(2)21(4)26(23,24)18-12-10-16(11-13-18)20-19(22)15(3)25-17-8-6-5-7-9-17/h5-15H,1-4H3,(H,20,22). The van der Waals surface area contributed by atoms with Crippen LogP contribution in [0, 0.1) is 0 Å². The predicted octanol–water partition coefficient (Wildman–Crippen LogP) is 3.12. The molecule has 0 aliphatic heterocycles. The average Bonchev–Trinajstić information content (AvgIpc) is 2.62. The van der Waals surface area contributed by atoms with Gasteiger partial charge in [0.05, 0.1) is 4.90 Å². The van der Waals surface area contributed by atoms with Crippen LogP contribution < -0.4 is 10.1 Å². The number of carbonyl (C=O) groups is 1. The number of anilines is 1. The van der Waals surface area contributed by atoms with E-state index in [1.807, 2.05) is 18.2 Å². The third-order valence-electron chi connectivity index (χ3n) is 3.95. The molecule has 0 aromatic heterocycles. The molecule has 7 heteroatoms. The van der Waals surface area contributed by atoms with Gasteiger partial charge >= 0.3 is 0 Å². The molecule has 0 aliphatic carbocycles. The lowest BCUT2D eigenvalue weighted by atomic mass is 10.3. The summed E-state index contributed by atoms with van der Waals surface area (Å²) in [5.74, 6) is 0.289. The van der Waals surface area contributed by atoms with Gasteiger partial charge in [0.15, 0.2) is 6.10 Å². The number of amides is 1. The Bertz CT molecular complexity index is 834. The van der Waals surface area contributed by atoms with E-state index in [1.165, 1.54) is 23.5 Å². The van der Waals surface area contributed by atoms with E-state index in [2.05, 4.69) is 5.32 Å². The number of rotatable bonds is 7. The maximum Gasteiger partial charge on any atom is 0.265 e. The van der Waals surface area contributed by atoms with E-state index >= 15 is 0 Å². The summed E-state index contributed by atoms with van der Waals surface area (Å²) < 4.78 is 31.7. The molecule has 1 amide bonds. The molecule has 1 atom stereocenters. The van der Waals surface area contributed by atoms with Gasteiger partial charge in [-0.25, -0.2) is 8.42 Å². The number of benzene rings is 2. The van der Waals surface area contributed by atoms with Gasteiger partial charge in [0.25, 0.3) is 5.91 Å². The van der Waals surface area contributed by atoms with Crippen LogP contribution in [0.4, 0.5) is 5.69 Å². The molecule has 2 aromatic rings.